The largest absolute Gasteiger partial charge is 0.486 e. The van der Waals surface area contributed by atoms with E-state index in [2.05, 4.69) is 0 Å². The first-order valence-electron chi connectivity index (χ1n) is 4.19. The lowest BCUT2D eigenvalue weighted by molar-refractivity contribution is 0.109. The number of carbonyl (C=O) groups is 2. The Balaban J connectivity index is 2.54. The van der Waals surface area contributed by atoms with Crippen molar-refractivity contribution in [3.63, 3.8) is 0 Å². The predicted octanol–water partition coefficient (Wildman–Crippen LogP) is 1.08. The van der Waals surface area contributed by atoms with Crippen molar-refractivity contribution >= 4 is 12.6 Å². The van der Waals surface area contributed by atoms with Crippen LogP contribution in [0.4, 0.5) is 0 Å². The number of benzene rings is 1. The average Bonchev–Trinajstić information content (AvgIpc) is 2.27. The minimum Gasteiger partial charge on any atom is -0.486 e. The molecule has 0 unspecified atom stereocenters. The molecule has 0 amide bonds. The third-order valence-corrected chi connectivity index (χ3v) is 2.00. The summed E-state index contributed by atoms with van der Waals surface area (Å²) < 4.78 is 10.5. The third-order valence-electron chi connectivity index (χ3n) is 2.00. The number of aldehydes is 2. The number of rotatable bonds is 2. The quantitative estimate of drug-likeness (QED) is 0.658. The summed E-state index contributed by atoms with van der Waals surface area (Å²) in [5.41, 5.74) is 0.647. The first kappa shape index (κ1) is 8.74. The van der Waals surface area contributed by atoms with Crippen LogP contribution in [-0.4, -0.2) is 25.8 Å². The molecule has 0 aliphatic carbocycles. The van der Waals surface area contributed by atoms with E-state index in [4.69, 9.17) is 9.47 Å². The average molecular weight is 192 g/mol. The van der Waals surface area contributed by atoms with Gasteiger partial charge in [0.05, 0.1) is 0 Å². The van der Waals surface area contributed by atoms with Crippen LogP contribution in [0.1, 0.15) is 20.7 Å². The minimum atomic E-state index is 0.323. The smallest absolute Gasteiger partial charge is 0.162 e. The SMILES string of the molecule is O=Cc1cc2c(cc1C=O)OCCO2. The molecule has 0 atom stereocenters. The van der Waals surface area contributed by atoms with E-state index >= 15 is 0 Å². The molecule has 0 spiro atoms. The highest BCUT2D eigenvalue weighted by atomic mass is 16.6. The molecule has 0 saturated heterocycles. The van der Waals surface area contributed by atoms with Crippen LogP contribution in [0.25, 0.3) is 0 Å². The van der Waals surface area contributed by atoms with Gasteiger partial charge < -0.3 is 9.47 Å². The molecular weight excluding hydrogens is 184 g/mol. The molecule has 4 heteroatoms. The molecule has 0 aromatic heterocycles. The van der Waals surface area contributed by atoms with Crippen LogP contribution >= 0.6 is 0 Å². The highest BCUT2D eigenvalue weighted by Crippen LogP contribution is 2.32. The van der Waals surface area contributed by atoms with Gasteiger partial charge in [0.1, 0.15) is 13.2 Å². The minimum absolute atomic E-state index is 0.323. The predicted molar refractivity (Wildman–Crippen MR) is 48.2 cm³/mol. The first-order valence-corrected chi connectivity index (χ1v) is 4.19. The van der Waals surface area contributed by atoms with Gasteiger partial charge in [-0.3, -0.25) is 9.59 Å². The van der Waals surface area contributed by atoms with Crippen LogP contribution < -0.4 is 9.47 Å². The molecule has 0 saturated carbocycles. The molecule has 2 rings (SSSR count). The molecular formula is C10H8O4. The number of ether oxygens (including phenoxy) is 2. The zero-order valence-electron chi connectivity index (χ0n) is 7.36. The Bertz CT molecular complexity index is 347. The fraction of sp³-hybridized carbons (Fsp3) is 0.200. The Morgan fingerprint density at radius 1 is 0.929 bits per heavy atom. The molecule has 0 radical (unpaired) electrons. The number of hydrogen-bond acceptors (Lipinski definition) is 4. The van der Waals surface area contributed by atoms with Gasteiger partial charge >= 0.3 is 0 Å². The summed E-state index contributed by atoms with van der Waals surface area (Å²) in [4.78, 5) is 21.2. The zero-order chi connectivity index (χ0) is 9.97. The van der Waals surface area contributed by atoms with E-state index in [0.717, 1.165) is 0 Å². The number of hydrogen-bond donors (Lipinski definition) is 0. The summed E-state index contributed by atoms with van der Waals surface area (Å²) in [7, 11) is 0. The van der Waals surface area contributed by atoms with Gasteiger partial charge in [0, 0.05) is 11.1 Å². The van der Waals surface area contributed by atoms with E-state index in [1.54, 1.807) is 0 Å². The summed E-state index contributed by atoms with van der Waals surface area (Å²) in [5, 5.41) is 0. The van der Waals surface area contributed by atoms with E-state index in [9.17, 15) is 9.59 Å². The fourth-order valence-electron chi connectivity index (χ4n) is 1.32. The van der Waals surface area contributed by atoms with Gasteiger partial charge in [-0.1, -0.05) is 0 Å². The van der Waals surface area contributed by atoms with Crippen LogP contribution in [0.3, 0.4) is 0 Å². The Hall–Kier alpha value is -1.84. The summed E-state index contributed by atoms with van der Waals surface area (Å²) in [6.45, 7) is 0.928. The summed E-state index contributed by atoms with van der Waals surface area (Å²) in [6, 6.07) is 3.04. The van der Waals surface area contributed by atoms with Crippen molar-refractivity contribution < 1.29 is 19.1 Å². The second-order valence-corrected chi connectivity index (χ2v) is 2.86. The van der Waals surface area contributed by atoms with Crippen LogP contribution in [0, 0.1) is 0 Å². The van der Waals surface area contributed by atoms with E-state index in [0.29, 0.717) is 48.4 Å². The van der Waals surface area contributed by atoms with Gasteiger partial charge in [-0.25, -0.2) is 0 Å². The van der Waals surface area contributed by atoms with Crippen molar-refractivity contribution in [2.24, 2.45) is 0 Å². The van der Waals surface area contributed by atoms with Crippen molar-refractivity contribution in [1.82, 2.24) is 0 Å². The van der Waals surface area contributed by atoms with Gasteiger partial charge in [0.15, 0.2) is 24.1 Å². The van der Waals surface area contributed by atoms with Crippen LogP contribution in [0.15, 0.2) is 12.1 Å². The van der Waals surface area contributed by atoms with Crippen LogP contribution in [0.2, 0.25) is 0 Å². The standard InChI is InChI=1S/C10H8O4/c11-5-7-3-9-10(4-8(7)6-12)14-2-1-13-9/h3-6H,1-2H2. The van der Waals surface area contributed by atoms with Crippen molar-refractivity contribution in [2.45, 2.75) is 0 Å². The van der Waals surface area contributed by atoms with E-state index in [-0.39, 0.29) is 0 Å². The van der Waals surface area contributed by atoms with Crippen molar-refractivity contribution in [3.05, 3.63) is 23.3 Å². The monoisotopic (exact) mass is 192 g/mol. The highest BCUT2D eigenvalue weighted by Gasteiger charge is 2.14. The summed E-state index contributed by atoms with van der Waals surface area (Å²) >= 11 is 0. The lowest BCUT2D eigenvalue weighted by Crippen LogP contribution is -2.16. The molecule has 1 aromatic rings. The molecule has 1 aliphatic rings. The van der Waals surface area contributed by atoms with Crippen LogP contribution in [0.5, 0.6) is 11.5 Å². The first-order chi connectivity index (χ1) is 6.85. The second kappa shape index (κ2) is 3.49. The molecule has 72 valence electrons. The van der Waals surface area contributed by atoms with Gasteiger partial charge in [-0.15, -0.1) is 0 Å². The van der Waals surface area contributed by atoms with Gasteiger partial charge in [0.2, 0.25) is 0 Å². The van der Waals surface area contributed by atoms with Gasteiger partial charge in [-0.2, -0.15) is 0 Å². The number of carbonyl (C=O) groups excluding carboxylic acids is 2. The maximum atomic E-state index is 10.6. The summed E-state index contributed by atoms with van der Waals surface area (Å²) in [6.07, 6.45) is 1.25. The second-order valence-electron chi connectivity index (χ2n) is 2.86. The normalized spacial score (nSPS) is 13.4. The molecule has 4 nitrogen and oxygen atoms in total. The maximum absolute atomic E-state index is 10.6. The molecule has 0 bridgehead atoms. The van der Waals surface area contributed by atoms with Crippen molar-refractivity contribution in [1.29, 1.82) is 0 Å². The Kier molecular flexibility index (Phi) is 2.18. The molecule has 1 aliphatic heterocycles. The van der Waals surface area contributed by atoms with Crippen LogP contribution in [-0.2, 0) is 0 Å². The summed E-state index contributed by atoms with van der Waals surface area (Å²) in [5.74, 6) is 1.04. The van der Waals surface area contributed by atoms with Gasteiger partial charge in [0.25, 0.3) is 0 Å². The Morgan fingerprint density at radius 3 is 1.71 bits per heavy atom. The van der Waals surface area contributed by atoms with E-state index in [1.165, 1.54) is 12.1 Å². The third kappa shape index (κ3) is 1.35. The molecule has 0 fully saturated rings. The maximum Gasteiger partial charge on any atom is 0.162 e. The molecule has 1 heterocycles. The lowest BCUT2D eigenvalue weighted by Gasteiger charge is -2.18. The number of fused-ring (bicyclic) bond motifs is 1. The van der Waals surface area contributed by atoms with Crippen molar-refractivity contribution in [2.75, 3.05) is 13.2 Å². The molecule has 1 aromatic carbocycles. The topological polar surface area (TPSA) is 52.6 Å². The van der Waals surface area contributed by atoms with E-state index in [1.807, 2.05) is 0 Å². The van der Waals surface area contributed by atoms with E-state index < -0.39 is 0 Å². The molecule has 0 N–H and O–H groups in total. The highest BCUT2D eigenvalue weighted by molar-refractivity contribution is 5.91. The van der Waals surface area contributed by atoms with Crippen molar-refractivity contribution in [3.8, 4) is 11.5 Å². The Morgan fingerprint density at radius 2 is 1.36 bits per heavy atom. The lowest BCUT2D eigenvalue weighted by atomic mass is 10.1. The molecule has 14 heavy (non-hydrogen) atoms. The fourth-order valence-corrected chi connectivity index (χ4v) is 1.32. The Labute approximate surface area is 80.4 Å². The zero-order valence-corrected chi connectivity index (χ0v) is 7.36. The van der Waals surface area contributed by atoms with Gasteiger partial charge in [-0.05, 0) is 12.1 Å².